The number of benzene rings is 1. The lowest BCUT2D eigenvalue weighted by atomic mass is 9.96. The Hall–Kier alpha value is -1.18. The third kappa shape index (κ3) is 8.16. The number of hydrogen-bond donors (Lipinski definition) is 2. The van der Waals surface area contributed by atoms with Crippen LogP contribution in [-0.2, 0) is 6.42 Å². The number of aryl methyl sites for hydroxylation is 1. The highest BCUT2D eigenvalue weighted by molar-refractivity contribution is 5.66. The first kappa shape index (κ1) is 21.9. The molecular formula is C23H42N2. The Morgan fingerprint density at radius 2 is 1.16 bits per heavy atom. The molecule has 0 aliphatic carbocycles. The highest BCUT2D eigenvalue weighted by atomic mass is 14.9. The van der Waals surface area contributed by atoms with Gasteiger partial charge in [0.15, 0.2) is 0 Å². The lowest BCUT2D eigenvalue weighted by Crippen LogP contribution is -2.21. The van der Waals surface area contributed by atoms with Gasteiger partial charge < -0.3 is 10.6 Å². The van der Waals surface area contributed by atoms with Crippen LogP contribution in [0.1, 0.15) is 79.4 Å². The van der Waals surface area contributed by atoms with Crippen LogP contribution in [0.2, 0.25) is 0 Å². The summed E-state index contributed by atoms with van der Waals surface area (Å²) in [7, 11) is 0. The van der Waals surface area contributed by atoms with Crippen molar-refractivity contribution in [2.24, 2.45) is 17.8 Å². The smallest absolute Gasteiger partial charge is 0.0395 e. The number of anilines is 2. The summed E-state index contributed by atoms with van der Waals surface area (Å²) in [6, 6.07) is 5.72. The normalized spacial score (nSPS) is 14.2. The predicted octanol–water partition coefficient (Wildman–Crippen LogP) is 6.89. The molecule has 0 aliphatic heterocycles. The monoisotopic (exact) mass is 346 g/mol. The molecule has 0 bridgehead atoms. The predicted molar refractivity (Wildman–Crippen MR) is 115 cm³/mol. The fraction of sp³-hybridized carbons (Fsp3) is 0.739. The van der Waals surface area contributed by atoms with Crippen LogP contribution in [0.5, 0.6) is 0 Å². The Bertz CT molecular complexity index is 517. The van der Waals surface area contributed by atoms with E-state index in [2.05, 4.69) is 85.1 Å². The first-order valence-corrected chi connectivity index (χ1v) is 10.2. The Kier molecular flexibility index (Phi) is 8.82. The standard InChI is InChI=1S/C23H42N2/c1-15(2)10-19(8)24-22-14-23(25-20(9)11-16(3)4)21(12-17(5)6)13-18(22)7/h13-17,19-20,24-25H,10-12H2,1-9H3. The van der Waals surface area contributed by atoms with Crippen LogP contribution in [0.25, 0.3) is 0 Å². The van der Waals surface area contributed by atoms with E-state index >= 15 is 0 Å². The fourth-order valence-corrected chi connectivity index (χ4v) is 3.73. The number of rotatable bonds is 10. The molecule has 0 saturated heterocycles. The molecule has 0 spiro atoms. The third-order valence-electron chi connectivity index (χ3n) is 4.53. The van der Waals surface area contributed by atoms with E-state index in [1.54, 1.807) is 0 Å². The van der Waals surface area contributed by atoms with Crippen molar-refractivity contribution in [1.29, 1.82) is 0 Å². The van der Waals surface area contributed by atoms with E-state index in [0.717, 1.165) is 6.42 Å². The second-order valence-corrected chi connectivity index (χ2v) is 9.27. The molecule has 2 heteroatoms. The quantitative estimate of drug-likeness (QED) is 0.482. The van der Waals surface area contributed by atoms with Crippen molar-refractivity contribution >= 4 is 11.4 Å². The molecule has 2 unspecified atom stereocenters. The molecule has 2 atom stereocenters. The van der Waals surface area contributed by atoms with Crippen molar-refractivity contribution in [2.75, 3.05) is 10.6 Å². The van der Waals surface area contributed by atoms with Crippen molar-refractivity contribution < 1.29 is 0 Å². The maximum atomic E-state index is 3.79. The minimum Gasteiger partial charge on any atom is -0.382 e. The van der Waals surface area contributed by atoms with Crippen LogP contribution in [-0.4, -0.2) is 12.1 Å². The molecule has 0 fully saturated rings. The Labute approximate surface area is 157 Å². The van der Waals surface area contributed by atoms with Gasteiger partial charge in [-0.15, -0.1) is 0 Å². The second kappa shape index (κ2) is 10.1. The molecule has 1 aromatic rings. The molecule has 2 nitrogen and oxygen atoms in total. The summed E-state index contributed by atoms with van der Waals surface area (Å²) in [6.45, 7) is 20.6. The molecule has 0 saturated carbocycles. The van der Waals surface area contributed by atoms with Crippen molar-refractivity contribution in [2.45, 2.75) is 93.7 Å². The largest absolute Gasteiger partial charge is 0.382 e. The zero-order valence-corrected chi connectivity index (χ0v) is 18.2. The molecule has 0 heterocycles. The van der Waals surface area contributed by atoms with E-state index in [4.69, 9.17) is 0 Å². The minimum atomic E-state index is 0.495. The molecule has 0 aliphatic rings. The molecular weight excluding hydrogens is 304 g/mol. The average molecular weight is 347 g/mol. The lowest BCUT2D eigenvalue weighted by Gasteiger charge is -2.24. The maximum absolute atomic E-state index is 3.79. The summed E-state index contributed by atoms with van der Waals surface area (Å²) >= 11 is 0. The second-order valence-electron chi connectivity index (χ2n) is 9.27. The highest BCUT2D eigenvalue weighted by Crippen LogP contribution is 2.29. The Morgan fingerprint density at radius 1 is 0.680 bits per heavy atom. The van der Waals surface area contributed by atoms with Crippen molar-refractivity contribution in [3.05, 3.63) is 23.3 Å². The molecule has 25 heavy (non-hydrogen) atoms. The molecule has 1 aromatic carbocycles. The molecule has 144 valence electrons. The third-order valence-corrected chi connectivity index (χ3v) is 4.53. The number of hydrogen-bond acceptors (Lipinski definition) is 2. The van der Waals surface area contributed by atoms with Gasteiger partial charge in [0.1, 0.15) is 0 Å². The van der Waals surface area contributed by atoms with Crippen molar-refractivity contribution in [3.8, 4) is 0 Å². The van der Waals surface area contributed by atoms with Gasteiger partial charge in [0.25, 0.3) is 0 Å². The van der Waals surface area contributed by atoms with Gasteiger partial charge in [-0.3, -0.25) is 0 Å². The van der Waals surface area contributed by atoms with Gasteiger partial charge >= 0.3 is 0 Å². The lowest BCUT2D eigenvalue weighted by molar-refractivity contribution is 0.538. The molecule has 0 radical (unpaired) electrons. The molecule has 2 N–H and O–H groups in total. The highest BCUT2D eigenvalue weighted by Gasteiger charge is 2.14. The van der Waals surface area contributed by atoms with Crippen LogP contribution in [0.3, 0.4) is 0 Å². The molecule has 0 amide bonds. The first-order chi connectivity index (χ1) is 11.6. The Morgan fingerprint density at radius 3 is 1.60 bits per heavy atom. The average Bonchev–Trinajstić information content (AvgIpc) is 2.41. The summed E-state index contributed by atoms with van der Waals surface area (Å²) < 4.78 is 0. The fourth-order valence-electron chi connectivity index (χ4n) is 3.73. The topological polar surface area (TPSA) is 24.1 Å². The van der Waals surface area contributed by atoms with E-state index < -0.39 is 0 Å². The minimum absolute atomic E-state index is 0.495. The maximum Gasteiger partial charge on any atom is 0.0395 e. The van der Waals surface area contributed by atoms with Crippen LogP contribution in [0.15, 0.2) is 12.1 Å². The Balaban J connectivity index is 3.05. The van der Waals surface area contributed by atoms with Crippen LogP contribution < -0.4 is 10.6 Å². The van der Waals surface area contributed by atoms with Crippen LogP contribution >= 0.6 is 0 Å². The van der Waals surface area contributed by atoms with E-state index in [1.807, 2.05) is 0 Å². The zero-order valence-electron chi connectivity index (χ0n) is 18.2. The van der Waals surface area contributed by atoms with Crippen LogP contribution in [0, 0.1) is 24.7 Å². The molecule has 0 aromatic heterocycles. The van der Waals surface area contributed by atoms with Gasteiger partial charge in [-0.1, -0.05) is 47.6 Å². The van der Waals surface area contributed by atoms with Gasteiger partial charge in [-0.2, -0.15) is 0 Å². The van der Waals surface area contributed by atoms with E-state index in [9.17, 15) is 0 Å². The van der Waals surface area contributed by atoms with Gasteiger partial charge in [0, 0.05) is 23.5 Å². The first-order valence-electron chi connectivity index (χ1n) is 10.2. The van der Waals surface area contributed by atoms with Crippen molar-refractivity contribution in [3.63, 3.8) is 0 Å². The molecule has 1 rings (SSSR count). The van der Waals surface area contributed by atoms with E-state index in [1.165, 1.54) is 35.3 Å². The van der Waals surface area contributed by atoms with Crippen LogP contribution in [0.4, 0.5) is 11.4 Å². The number of nitrogens with one attached hydrogen (secondary N) is 2. The van der Waals surface area contributed by atoms with Gasteiger partial charge in [0.2, 0.25) is 0 Å². The van der Waals surface area contributed by atoms with E-state index in [0.29, 0.717) is 29.8 Å². The van der Waals surface area contributed by atoms with E-state index in [-0.39, 0.29) is 0 Å². The van der Waals surface area contributed by atoms with Gasteiger partial charge in [-0.25, -0.2) is 0 Å². The summed E-state index contributed by atoms with van der Waals surface area (Å²) in [6.07, 6.45) is 3.51. The van der Waals surface area contributed by atoms with Crippen molar-refractivity contribution in [1.82, 2.24) is 0 Å². The summed E-state index contributed by atoms with van der Waals surface area (Å²) in [5, 5.41) is 7.53. The SMILES string of the molecule is Cc1cc(CC(C)C)c(NC(C)CC(C)C)cc1NC(C)CC(C)C. The zero-order chi connectivity index (χ0) is 19.1. The summed E-state index contributed by atoms with van der Waals surface area (Å²) in [4.78, 5) is 0. The van der Waals surface area contributed by atoms with Gasteiger partial charge in [0.05, 0.1) is 0 Å². The van der Waals surface area contributed by atoms with Gasteiger partial charge in [-0.05, 0) is 75.0 Å². The summed E-state index contributed by atoms with van der Waals surface area (Å²) in [5.74, 6) is 2.09. The summed E-state index contributed by atoms with van der Waals surface area (Å²) in [5.41, 5.74) is 5.39.